The molecule has 17 heavy (non-hydrogen) atoms. The average molecular weight is 249 g/mol. The molecule has 3 nitrogen and oxygen atoms in total. The Morgan fingerprint density at radius 1 is 1.47 bits per heavy atom. The number of benzene rings is 1. The Bertz CT molecular complexity index is 398. The zero-order chi connectivity index (χ0) is 12.7. The number of rotatable bonds is 6. The highest BCUT2D eigenvalue weighted by Gasteiger charge is 2.11. The van der Waals surface area contributed by atoms with Crippen molar-refractivity contribution in [2.75, 3.05) is 37.8 Å². The Kier molecular flexibility index (Phi) is 5.88. The molecule has 0 radical (unpaired) electrons. The highest BCUT2D eigenvalue weighted by Crippen LogP contribution is 2.29. The normalized spacial score (nSPS) is 10.0. The Morgan fingerprint density at radius 2 is 2.24 bits per heavy atom. The van der Waals surface area contributed by atoms with E-state index in [0.717, 1.165) is 35.0 Å². The average Bonchev–Trinajstić information content (AvgIpc) is 2.36. The lowest BCUT2D eigenvalue weighted by Crippen LogP contribution is -2.27. The minimum absolute atomic E-state index is 0.790. The predicted molar refractivity (Wildman–Crippen MR) is 74.8 cm³/mol. The minimum atomic E-state index is 0.790. The Balaban J connectivity index is 2.98. The van der Waals surface area contributed by atoms with Crippen LogP contribution in [-0.4, -0.2) is 32.9 Å². The van der Waals surface area contributed by atoms with E-state index in [-0.39, 0.29) is 0 Å². The van der Waals surface area contributed by atoms with Gasteiger partial charge in [-0.3, -0.25) is 0 Å². The molecule has 1 aromatic carbocycles. The maximum absolute atomic E-state index is 9.29. The smallest absolute Gasteiger partial charge is 0.103 e. The van der Waals surface area contributed by atoms with Gasteiger partial charge in [0.2, 0.25) is 0 Å². The number of hydrogen-bond donors (Lipinski definition) is 1. The van der Waals surface area contributed by atoms with Gasteiger partial charge in [-0.15, -0.1) is 11.8 Å². The van der Waals surface area contributed by atoms with Crippen molar-refractivity contribution in [1.82, 2.24) is 5.32 Å². The molecule has 0 unspecified atom stereocenters. The van der Waals surface area contributed by atoms with E-state index in [9.17, 15) is 5.26 Å². The van der Waals surface area contributed by atoms with Crippen LogP contribution in [0.3, 0.4) is 0 Å². The molecule has 0 bridgehead atoms. The lowest BCUT2D eigenvalue weighted by molar-refractivity contribution is 0.767. The molecule has 0 aliphatic heterocycles. The van der Waals surface area contributed by atoms with Gasteiger partial charge in [-0.2, -0.15) is 5.26 Å². The summed E-state index contributed by atoms with van der Waals surface area (Å²) >= 11 is 1.72. The molecule has 0 atom stereocenters. The Labute approximate surface area is 108 Å². The Hall–Kier alpha value is -1.18. The molecule has 0 saturated carbocycles. The molecule has 0 heterocycles. The first kappa shape index (κ1) is 13.9. The van der Waals surface area contributed by atoms with Crippen molar-refractivity contribution in [3.63, 3.8) is 0 Å². The fourth-order valence-corrected chi connectivity index (χ4v) is 2.41. The van der Waals surface area contributed by atoms with Gasteiger partial charge in [0.05, 0.1) is 11.3 Å². The highest BCUT2D eigenvalue weighted by molar-refractivity contribution is 7.99. The molecular formula is C13H19N3S. The maximum atomic E-state index is 9.29. The number of anilines is 1. The number of nitrogens with zero attached hydrogens (tertiary/aromatic N) is 2. The summed E-state index contributed by atoms with van der Waals surface area (Å²) in [6, 6.07) is 8.37. The van der Waals surface area contributed by atoms with E-state index in [2.05, 4.69) is 23.2 Å². The number of thioether (sulfide) groups is 1. The van der Waals surface area contributed by atoms with Crippen molar-refractivity contribution >= 4 is 17.4 Å². The molecular weight excluding hydrogens is 230 g/mol. The summed E-state index contributed by atoms with van der Waals surface area (Å²) in [5.41, 5.74) is 1.80. The summed E-state index contributed by atoms with van der Waals surface area (Å²) in [5.74, 6) is 0.984. The maximum Gasteiger partial charge on any atom is 0.103 e. The summed E-state index contributed by atoms with van der Waals surface area (Å²) < 4.78 is 0. The van der Waals surface area contributed by atoms with Crippen molar-refractivity contribution in [1.29, 1.82) is 5.26 Å². The third-order valence-electron chi connectivity index (χ3n) is 2.52. The second kappa shape index (κ2) is 7.21. The molecule has 0 aliphatic carbocycles. The van der Waals surface area contributed by atoms with Crippen LogP contribution < -0.4 is 10.2 Å². The van der Waals surface area contributed by atoms with Crippen molar-refractivity contribution in [2.45, 2.75) is 11.8 Å². The SMILES string of the molecule is CCSc1cccc(N(C)CCNC)c1C#N. The van der Waals surface area contributed by atoms with Crippen LogP contribution in [0.4, 0.5) is 5.69 Å². The molecule has 0 spiro atoms. The first-order chi connectivity index (χ1) is 8.24. The van der Waals surface area contributed by atoms with Gasteiger partial charge < -0.3 is 10.2 Å². The van der Waals surface area contributed by atoms with Crippen LogP contribution in [0, 0.1) is 11.3 Å². The predicted octanol–water partition coefficient (Wildman–Crippen LogP) is 2.33. The van der Waals surface area contributed by atoms with Gasteiger partial charge in [0.15, 0.2) is 0 Å². The monoisotopic (exact) mass is 249 g/mol. The standard InChI is InChI=1S/C13H19N3S/c1-4-17-13-7-5-6-12(11(13)10-14)16(3)9-8-15-2/h5-7,15H,4,8-9H2,1-3H3. The molecule has 92 valence electrons. The third-order valence-corrected chi connectivity index (χ3v) is 3.46. The first-order valence-electron chi connectivity index (χ1n) is 5.76. The lowest BCUT2D eigenvalue weighted by Gasteiger charge is -2.21. The van der Waals surface area contributed by atoms with Gasteiger partial charge in [-0.25, -0.2) is 0 Å². The second-order valence-corrected chi connectivity index (χ2v) is 5.03. The topological polar surface area (TPSA) is 39.1 Å². The molecule has 0 fully saturated rings. The quantitative estimate of drug-likeness (QED) is 0.785. The van der Waals surface area contributed by atoms with E-state index in [4.69, 9.17) is 0 Å². The first-order valence-corrected chi connectivity index (χ1v) is 6.74. The zero-order valence-corrected chi connectivity index (χ0v) is 11.5. The summed E-state index contributed by atoms with van der Waals surface area (Å²) in [6.07, 6.45) is 0. The largest absolute Gasteiger partial charge is 0.372 e. The fraction of sp³-hybridized carbons (Fsp3) is 0.462. The molecule has 1 aromatic rings. The molecule has 0 saturated heterocycles. The third kappa shape index (κ3) is 3.65. The molecule has 0 amide bonds. The van der Waals surface area contributed by atoms with E-state index in [1.54, 1.807) is 11.8 Å². The Morgan fingerprint density at radius 3 is 2.82 bits per heavy atom. The van der Waals surface area contributed by atoms with Crippen LogP contribution in [0.25, 0.3) is 0 Å². The fourth-order valence-electron chi connectivity index (χ4n) is 1.63. The van der Waals surface area contributed by atoms with E-state index < -0.39 is 0 Å². The number of nitriles is 1. The summed E-state index contributed by atoms with van der Waals surface area (Å²) in [5, 5.41) is 12.4. The molecule has 1 rings (SSSR count). The van der Waals surface area contributed by atoms with Gasteiger partial charge >= 0.3 is 0 Å². The summed E-state index contributed by atoms with van der Waals surface area (Å²) in [7, 11) is 3.95. The minimum Gasteiger partial charge on any atom is -0.372 e. The molecule has 1 N–H and O–H groups in total. The lowest BCUT2D eigenvalue weighted by atomic mass is 10.2. The van der Waals surface area contributed by atoms with Crippen LogP contribution in [0.2, 0.25) is 0 Å². The summed E-state index contributed by atoms with van der Waals surface area (Å²) in [6.45, 7) is 3.90. The molecule has 4 heteroatoms. The number of nitrogens with one attached hydrogen (secondary N) is 1. The van der Waals surface area contributed by atoms with Crippen molar-refractivity contribution in [3.05, 3.63) is 23.8 Å². The molecule has 0 aromatic heterocycles. The molecule has 0 aliphatic rings. The van der Waals surface area contributed by atoms with Gasteiger partial charge in [-0.1, -0.05) is 13.0 Å². The van der Waals surface area contributed by atoms with Crippen LogP contribution in [0.5, 0.6) is 0 Å². The number of likely N-dealkylation sites (N-methyl/N-ethyl adjacent to an activating group) is 2. The van der Waals surface area contributed by atoms with Crippen LogP contribution in [-0.2, 0) is 0 Å². The van der Waals surface area contributed by atoms with Gasteiger partial charge in [0.1, 0.15) is 6.07 Å². The van der Waals surface area contributed by atoms with Gasteiger partial charge in [0, 0.05) is 25.0 Å². The van der Waals surface area contributed by atoms with E-state index >= 15 is 0 Å². The van der Waals surface area contributed by atoms with Gasteiger partial charge in [0.25, 0.3) is 0 Å². The van der Waals surface area contributed by atoms with Crippen molar-refractivity contribution in [2.24, 2.45) is 0 Å². The van der Waals surface area contributed by atoms with Crippen LogP contribution >= 0.6 is 11.8 Å². The van der Waals surface area contributed by atoms with Crippen molar-refractivity contribution in [3.8, 4) is 6.07 Å². The second-order valence-electron chi connectivity index (χ2n) is 3.72. The van der Waals surface area contributed by atoms with Crippen LogP contribution in [0.1, 0.15) is 12.5 Å². The van der Waals surface area contributed by atoms with Crippen molar-refractivity contribution < 1.29 is 0 Å². The zero-order valence-electron chi connectivity index (χ0n) is 10.7. The van der Waals surface area contributed by atoms with Crippen LogP contribution in [0.15, 0.2) is 23.1 Å². The van der Waals surface area contributed by atoms with E-state index in [1.165, 1.54) is 0 Å². The number of hydrogen-bond acceptors (Lipinski definition) is 4. The van der Waals surface area contributed by atoms with E-state index in [0.29, 0.717) is 0 Å². The van der Waals surface area contributed by atoms with Gasteiger partial charge in [-0.05, 0) is 24.9 Å². The summed E-state index contributed by atoms with van der Waals surface area (Å²) in [4.78, 5) is 3.19. The highest BCUT2D eigenvalue weighted by atomic mass is 32.2. The van der Waals surface area contributed by atoms with E-state index in [1.807, 2.05) is 32.3 Å².